The van der Waals surface area contributed by atoms with Crippen molar-refractivity contribution in [1.82, 2.24) is 4.72 Å². The standard InChI is InChI=1S/C9H10N2O2S/c1-11-14(12,13)7-9-4-2-8(6-10)3-5-9/h2-5,11H,7H2,1H3. The third kappa shape index (κ3) is 2.83. The minimum Gasteiger partial charge on any atom is -0.218 e. The van der Waals surface area contributed by atoms with Gasteiger partial charge in [0.05, 0.1) is 17.4 Å². The molecule has 1 aromatic rings. The number of benzene rings is 1. The number of nitrogens with zero attached hydrogens (tertiary/aromatic N) is 1. The molecule has 5 heteroatoms. The van der Waals surface area contributed by atoms with E-state index in [4.69, 9.17) is 5.26 Å². The fourth-order valence-corrected chi connectivity index (χ4v) is 1.74. The van der Waals surface area contributed by atoms with Gasteiger partial charge in [0.15, 0.2) is 0 Å². The Morgan fingerprint density at radius 1 is 1.36 bits per heavy atom. The van der Waals surface area contributed by atoms with Crippen LogP contribution in [0.5, 0.6) is 0 Å². The summed E-state index contributed by atoms with van der Waals surface area (Å²) < 4.78 is 24.5. The summed E-state index contributed by atoms with van der Waals surface area (Å²) in [6, 6.07) is 8.43. The lowest BCUT2D eigenvalue weighted by atomic mass is 10.2. The average molecular weight is 210 g/mol. The molecule has 0 aliphatic carbocycles. The lowest BCUT2D eigenvalue weighted by Crippen LogP contribution is -2.20. The van der Waals surface area contributed by atoms with Crippen LogP contribution >= 0.6 is 0 Å². The first-order valence-electron chi connectivity index (χ1n) is 3.97. The number of nitrogens with one attached hydrogen (secondary N) is 1. The van der Waals surface area contributed by atoms with Gasteiger partial charge in [-0.25, -0.2) is 13.1 Å². The molecule has 0 aliphatic rings. The number of nitriles is 1. The Kier molecular flexibility index (Phi) is 3.23. The van der Waals surface area contributed by atoms with E-state index >= 15 is 0 Å². The van der Waals surface area contributed by atoms with Crippen LogP contribution < -0.4 is 4.72 Å². The molecule has 0 bridgehead atoms. The van der Waals surface area contributed by atoms with Crippen molar-refractivity contribution in [2.45, 2.75) is 5.75 Å². The molecule has 1 N–H and O–H groups in total. The predicted octanol–water partition coefficient (Wildman–Crippen LogP) is 0.607. The lowest BCUT2D eigenvalue weighted by Gasteiger charge is -2.01. The Bertz CT molecular complexity index is 443. The molecule has 0 amide bonds. The van der Waals surface area contributed by atoms with E-state index in [1.165, 1.54) is 7.05 Å². The van der Waals surface area contributed by atoms with Crippen molar-refractivity contribution in [3.05, 3.63) is 35.4 Å². The van der Waals surface area contributed by atoms with Gasteiger partial charge in [0.1, 0.15) is 0 Å². The van der Waals surface area contributed by atoms with Crippen molar-refractivity contribution in [2.75, 3.05) is 7.05 Å². The van der Waals surface area contributed by atoms with Crippen LogP contribution in [0.15, 0.2) is 24.3 Å². The predicted molar refractivity (Wildman–Crippen MR) is 52.8 cm³/mol. The van der Waals surface area contributed by atoms with Crippen LogP contribution in [-0.4, -0.2) is 15.5 Å². The van der Waals surface area contributed by atoms with Crippen LogP contribution in [0.1, 0.15) is 11.1 Å². The first-order chi connectivity index (χ1) is 6.57. The summed E-state index contributed by atoms with van der Waals surface area (Å²) in [5.74, 6) is -0.0603. The van der Waals surface area contributed by atoms with E-state index in [0.29, 0.717) is 11.1 Å². The molecule has 0 fully saturated rings. The highest BCUT2D eigenvalue weighted by molar-refractivity contribution is 7.88. The van der Waals surface area contributed by atoms with E-state index in [1.54, 1.807) is 24.3 Å². The van der Waals surface area contributed by atoms with Gasteiger partial charge in [-0.1, -0.05) is 12.1 Å². The number of rotatable bonds is 3. The Labute approximate surface area is 83.2 Å². The molecule has 14 heavy (non-hydrogen) atoms. The molecule has 4 nitrogen and oxygen atoms in total. The zero-order valence-electron chi connectivity index (χ0n) is 7.69. The molecule has 0 atom stereocenters. The second kappa shape index (κ2) is 4.22. The summed E-state index contributed by atoms with van der Waals surface area (Å²) in [5, 5.41) is 8.53. The highest BCUT2D eigenvalue weighted by atomic mass is 32.2. The topological polar surface area (TPSA) is 70.0 Å². The van der Waals surface area contributed by atoms with E-state index in [2.05, 4.69) is 4.72 Å². The summed E-state index contributed by atoms with van der Waals surface area (Å²) >= 11 is 0. The molecule has 0 unspecified atom stereocenters. The minimum atomic E-state index is -3.23. The summed E-state index contributed by atoms with van der Waals surface area (Å²) in [7, 11) is -1.85. The van der Waals surface area contributed by atoms with Crippen LogP contribution in [0.2, 0.25) is 0 Å². The van der Waals surface area contributed by atoms with Gasteiger partial charge in [0.25, 0.3) is 0 Å². The van der Waals surface area contributed by atoms with Gasteiger partial charge in [-0.05, 0) is 24.7 Å². The lowest BCUT2D eigenvalue weighted by molar-refractivity contribution is 0.587. The van der Waals surface area contributed by atoms with Gasteiger partial charge in [-0.2, -0.15) is 5.26 Å². The van der Waals surface area contributed by atoms with Gasteiger partial charge in [0, 0.05) is 0 Å². The zero-order chi connectivity index (χ0) is 10.6. The zero-order valence-corrected chi connectivity index (χ0v) is 8.50. The van der Waals surface area contributed by atoms with E-state index in [-0.39, 0.29) is 5.75 Å². The third-order valence-corrected chi connectivity index (χ3v) is 3.09. The molecule has 1 rings (SSSR count). The van der Waals surface area contributed by atoms with Crippen molar-refractivity contribution in [3.63, 3.8) is 0 Å². The second-order valence-electron chi connectivity index (χ2n) is 2.77. The number of hydrogen-bond acceptors (Lipinski definition) is 3. The van der Waals surface area contributed by atoms with Crippen molar-refractivity contribution in [2.24, 2.45) is 0 Å². The Hall–Kier alpha value is -1.38. The quantitative estimate of drug-likeness (QED) is 0.794. The van der Waals surface area contributed by atoms with Crippen LogP contribution in [-0.2, 0) is 15.8 Å². The third-order valence-electron chi connectivity index (χ3n) is 1.75. The Morgan fingerprint density at radius 2 is 1.93 bits per heavy atom. The van der Waals surface area contributed by atoms with Crippen LogP contribution in [0.4, 0.5) is 0 Å². The highest BCUT2D eigenvalue weighted by Crippen LogP contribution is 2.06. The molecule has 0 saturated heterocycles. The molecular weight excluding hydrogens is 200 g/mol. The summed E-state index contributed by atoms with van der Waals surface area (Å²) in [6.45, 7) is 0. The Balaban J connectivity index is 2.86. The fourth-order valence-electron chi connectivity index (χ4n) is 0.967. The van der Waals surface area contributed by atoms with Crippen molar-refractivity contribution in [1.29, 1.82) is 5.26 Å². The van der Waals surface area contributed by atoms with Crippen molar-refractivity contribution >= 4 is 10.0 Å². The van der Waals surface area contributed by atoms with E-state index < -0.39 is 10.0 Å². The number of hydrogen-bond donors (Lipinski definition) is 1. The SMILES string of the molecule is CNS(=O)(=O)Cc1ccc(C#N)cc1. The molecule has 1 aromatic carbocycles. The van der Waals surface area contributed by atoms with E-state index in [1.807, 2.05) is 6.07 Å². The fraction of sp³-hybridized carbons (Fsp3) is 0.222. The molecule has 74 valence electrons. The van der Waals surface area contributed by atoms with Crippen LogP contribution in [0.3, 0.4) is 0 Å². The second-order valence-corrected chi connectivity index (χ2v) is 4.70. The maximum atomic E-state index is 11.1. The van der Waals surface area contributed by atoms with Gasteiger partial charge >= 0.3 is 0 Å². The first kappa shape index (κ1) is 10.7. The minimum absolute atomic E-state index is 0.0603. The summed E-state index contributed by atoms with van der Waals surface area (Å²) in [6.07, 6.45) is 0. The van der Waals surface area contributed by atoms with Gasteiger partial charge in [-0.15, -0.1) is 0 Å². The van der Waals surface area contributed by atoms with Gasteiger partial charge in [-0.3, -0.25) is 0 Å². The molecular formula is C9H10N2O2S. The van der Waals surface area contributed by atoms with E-state index in [9.17, 15) is 8.42 Å². The Morgan fingerprint density at radius 3 is 2.36 bits per heavy atom. The van der Waals surface area contributed by atoms with Crippen molar-refractivity contribution < 1.29 is 8.42 Å². The van der Waals surface area contributed by atoms with E-state index in [0.717, 1.165) is 0 Å². The first-order valence-corrected chi connectivity index (χ1v) is 5.63. The van der Waals surface area contributed by atoms with Gasteiger partial charge < -0.3 is 0 Å². The highest BCUT2D eigenvalue weighted by Gasteiger charge is 2.07. The maximum absolute atomic E-state index is 11.1. The molecule has 0 aliphatic heterocycles. The monoisotopic (exact) mass is 210 g/mol. The number of sulfonamides is 1. The van der Waals surface area contributed by atoms with Crippen molar-refractivity contribution in [3.8, 4) is 6.07 Å². The maximum Gasteiger partial charge on any atom is 0.215 e. The molecule has 0 spiro atoms. The normalized spacial score (nSPS) is 10.9. The van der Waals surface area contributed by atoms with Gasteiger partial charge in [0.2, 0.25) is 10.0 Å². The average Bonchev–Trinajstić information content (AvgIpc) is 2.19. The summed E-state index contributed by atoms with van der Waals surface area (Å²) in [4.78, 5) is 0. The smallest absolute Gasteiger partial charge is 0.215 e. The van der Waals surface area contributed by atoms with Crippen LogP contribution in [0.25, 0.3) is 0 Å². The molecule has 0 heterocycles. The molecule has 0 radical (unpaired) electrons. The summed E-state index contributed by atoms with van der Waals surface area (Å²) in [5.41, 5.74) is 1.19. The largest absolute Gasteiger partial charge is 0.218 e. The van der Waals surface area contributed by atoms with Crippen LogP contribution in [0, 0.1) is 11.3 Å². The molecule has 0 saturated carbocycles. The molecule has 0 aromatic heterocycles.